The Hall–Kier alpha value is -3.10. The van der Waals surface area contributed by atoms with Crippen LogP contribution in [0.15, 0.2) is 69.9 Å². The van der Waals surface area contributed by atoms with Gasteiger partial charge in [0.25, 0.3) is 5.56 Å². The van der Waals surface area contributed by atoms with Crippen LogP contribution in [0.5, 0.6) is 5.75 Å². The number of aromatic nitrogens is 2. The first-order valence-electron chi connectivity index (χ1n) is 10.0. The number of anilines is 1. The molecule has 0 atom stereocenters. The molecule has 0 radical (unpaired) electrons. The molecule has 0 aliphatic carbocycles. The van der Waals surface area contributed by atoms with Crippen molar-refractivity contribution < 1.29 is 9.53 Å². The minimum absolute atomic E-state index is 0.0590. The molecule has 164 valence electrons. The summed E-state index contributed by atoms with van der Waals surface area (Å²) in [4.78, 5) is 32.3. The molecule has 0 aliphatic heterocycles. The van der Waals surface area contributed by atoms with Gasteiger partial charge in [0.15, 0.2) is 5.16 Å². The lowest BCUT2D eigenvalue weighted by Crippen LogP contribution is -2.29. The fourth-order valence-electron chi connectivity index (χ4n) is 3.29. The standard InChI is InChI=1S/C24H23N3O3S2/c1-16-5-4-6-18(13-16)26(2)21(28)15-32-24-25-20-11-12-31-22(20)23(29)27(24)14-17-7-9-19(30-3)10-8-17/h4-13H,14-15H2,1-3H3. The maximum atomic E-state index is 13.2. The number of hydrogen-bond acceptors (Lipinski definition) is 6. The molecule has 0 spiro atoms. The van der Waals surface area contributed by atoms with Crippen molar-refractivity contribution in [3.8, 4) is 5.75 Å². The van der Waals surface area contributed by atoms with Gasteiger partial charge in [0.2, 0.25) is 5.91 Å². The quantitative estimate of drug-likeness (QED) is 0.295. The number of aryl methyl sites for hydroxylation is 1. The zero-order valence-corrected chi connectivity index (χ0v) is 19.7. The molecule has 4 aromatic rings. The molecular weight excluding hydrogens is 442 g/mol. The molecule has 0 aliphatic rings. The second-order valence-corrected chi connectivity index (χ2v) is 9.21. The molecule has 0 unspecified atom stereocenters. The summed E-state index contributed by atoms with van der Waals surface area (Å²) in [6.45, 7) is 2.36. The van der Waals surface area contributed by atoms with Crippen LogP contribution >= 0.6 is 23.1 Å². The third-order valence-corrected chi connectivity index (χ3v) is 6.97. The Kier molecular flexibility index (Phi) is 6.62. The highest BCUT2D eigenvalue weighted by molar-refractivity contribution is 7.99. The Bertz CT molecular complexity index is 1310. The minimum Gasteiger partial charge on any atom is -0.497 e. The number of ether oxygens (including phenoxy) is 1. The van der Waals surface area contributed by atoms with Gasteiger partial charge < -0.3 is 9.64 Å². The lowest BCUT2D eigenvalue weighted by atomic mass is 10.2. The van der Waals surface area contributed by atoms with Gasteiger partial charge in [-0.1, -0.05) is 36.0 Å². The van der Waals surface area contributed by atoms with E-state index in [0.717, 1.165) is 22.6 Å². The van der Waals surface area contributed by atoms with Gasteiger partial charge in [0, 0.05) is 12.7 Å². The van der Waals surface area contributed by atoms with Crippen LogP contribution in [0.1, 0.15) is 11.1 Å². The van der Waals surface area contributed by atoms with Crippen LogP contribution in [0.2, 0.25) is 0 Å². The van der Waals surface area contributed by atoms with Crippen LogP contribution in [-0.4, -0.2) is 35.4 Å². The van der Waals surface area contributed by atoms with E-state index in [9.17, 15) is 9.59 Å². The molecule has 6 nitrogen and oxygen atoms in total. The number of thioether (sulfide) groups is 1. The van der Waals surface area contributed by atoms with E-state index in [1.807, 2.05) is 66.9 Å². The summed E-state index contributed by atoms with van der Waals surface area (Å²) in [5.41, 5.74) is 3.45. The molecule has 2 heterocycles. The van der Waals surface area contributed by atoms with Crippen molar-refractivity contribution >= 4 is 44.9 Å². The van der Waals surface area contributed by atoms with Crippen LogP contribution in [0.4, 0.5) is 5.69 Å². The SMILES string of the molecule is COc1ccc(Cn2c(SCC(=O)N(C)c3cccc(C)c3)nc3ccsc3c2=O)cc1. The van der Waals surface area contributed by atoms with Gasteiger partial charge in [0.05, 0.1) is 24.9 Å². The highest BCUT2D eigenvalue weighted by atomic mass is 32.2. The van der Waals surface area contributed by atoms with Gasteiger partial charge in [-0.15, -0.1) is 11.3 Å². The van der Waals surface area contributed by atoms with Crippen LogP contribution in [0, 0.1) is 6.92 Å². The maximum Gasteiger partial charge on any atom is 0.272 e. The molecule has 4 rings (SSSR count). The number of nitrogens with zero attached hydrogens (tertiary/aromatic N) is 3. The van der Waals surface area contributed by atoms with E-state index < -0.39 is 0 Å². The van der Waals surface area contributed by atoms with E-state index in [4.69, 9.17) is 4.74 Å². The van der Waals surface area contributed by atoms with Crippen LogP contribution < -0.4 is 15.2 Å². The fraction of sp³-hybridized carbons (Fsp3) is 0.208. The van der Waals surface area contributed by atoms with Crippen LogP contribution in [-0.2, 0) is 11.3 Å². The normalized spacial score (nSPS) is 11.0. The predicted octanol–water partition coefficient (Wildman–Crippen LogP) is 4.58. The van der Waals surface area contributed by atoms with Crippen molar-refractivity contribution in [3.05, 3.63) is 81.5 Å². The Balaban J connectivity index is 1.60. The number of methoxy groups -OCH3 is 1. The van der Waals surface area contributed by atoms with E-state index in [0.29, 0.717) is 21.9 Å². The molecule has 2 aromatic heterocycles. The summed E-state index contributed by atoms with van der Waals surface area (Å²) in [6, 6.07) is 17.2. The second-order valence-electron chi connectivity index (χ2n) is 7.35. The van der Waals surface area contributed by atoms with E-state index in [2.05, 4.69) is 4.98 Å². The van der Waals surface area contributed by atoms with E-state index >= 15 is 0 Å². The number of carbonyl (C=O) groups excluding carboxylic acids is 1. The molecule has 0 N–H and O–H groups in total. The highest BCUT2D eigenvalue weighted by Crippen LogP contribution is 2.23. The molecule has 32 heavy (non-hydrogen) atoms. The zero-order chi connectivity index (χ0) is 22.7. The molecule has 8 heteroatoms. The largest absolute Gasteiger partial charge is 0.497 e. The number of fused-ring (bicyclic) bond motifs is 1. The Morgan fingerprint density at radius 3 is 2.69 bits per heavy atom. The van der Waals surface area contributed by atoms with Crippen LogP contribution in [0.25, 0.3) is 10.2 Å². The predicted molar refractivity (Wildman–Crippen MR) is 131 cm³/mol. The third-order valence-electron chi connectivity index (χ3n) is 5.12. The van der Waals surface area contributed by atoms with Crippen molar-refractivity contribution in [1.29, 1.82) is 0 Å². The van der Waals surface area contributed by atoms with Crippen molar-refractivity contribution in [1.82, 2.24) is 9.55 Å². The zero-order valence-electron chi connectivity index (χ0n) is 18.1. The summed E-state index contributed by atoms with van der Waals surface area (Å²) in [5, 5.41) is 2.39. The number of hydrogen-bond donors (Lipinski definition) is 0. The maximum absolute atomic E-state index is 13.2. The summed E-state index contributed by atoms with van der Waals surface area (Å²) >= 11 is 2.66. The number of benzene rings is 2. The average Bonchev–Trinajstić information content (AvgIpc) is 3.28. The monoisotopic (exact) mass is 465 g/mol. The average molecular weight is 466 g/mol. The molecule has 0 fully saturated rings. The van der Waals surface area contributed by atoms with Gasteiger partial charge in [-0.25, -0.2) is 4.98 Å². The molecular formula is C24H23N3O3S2. The van der Waals surface area contributed by atoms with Crippen molar-refractivity contribution in [2.24, 2.45) is 0 Å². The van der Waals surface area contributed by atoms with Gasteiger partial charge in [0.1, 0.15) is 10.4 Å². The van der Waals surface area contributed by atoms with Crippen molar-refractivity contribution in [2.75, 3.05) is 24.8 Å². The number of rotatable bonds is 7. The summed E-state index contributed by atoms with van der Waals surface area (Å²) in [7, 11) is 3.38. The molecule has 1 amide bonds. The lowest BCUT2D eigenvalue weighted by molar-refractivity contribution is -0.115. The molecule has 0 saturated heterocycles. The van der Waals surface area contributed by atoms with E-state index in [1.54, 1.807) is 23.6 Å². The minimum atomic E-state index is -0.0946. The van der Waals surface area contributed by atoms with Crippen molar-refractivity contribution in [2.45, 2.75) is 18.6 Å². The number of carbonyl (C=O) groups is 1. The molecule has 0 bridgehead atoms. The molecule has 0 saturated carbocycles. The van der Waals surface area contributed by atoms with Gasteiger partial charge in [-0.3, -0.25) is 14.2 Å². The molecule has 2 aromatic carbocycles. The van der Waals surface area contributed by atoms with Crippen LogP contribution in [0.3, 0.4) is 0 Å². The fourth-order valence-corrected chi connectivity index (χ4v) is 4.98. The lowest BCUT2D eigenvalue weighted by Gasteiger charge is -2.18. The third kappa shape index (κ3) is 4.71. The highest BCUT2D eigenvalue weighted by Gasteiger charge is 2.17. The van der Waals surface area contributed by atoms with E-state index in [-0.39, 0.29) is 17.2 Å². The van der Waals surface area contributed by atoms with E-state index in [1.165, 1.54) is 23.1 Å². The first kappa shape index (κ1) is 22.1. The van der Waals surface area contributed by atoms with Gasteiger partial charge in [-0.2, -0.15) is 0 Å². The number of amides is 1. The Morgan fingerprint density at radius 1 is 1.19 bits per heavy atom. The Labute approximate surface area is 194 Å². The summed E-state index contributed by atoms with van der Waals surface area (Å²) in [5.74, 6) is 0.873. The smallest absolute Gasteiger partial charge is 0.272 e. The Morgan fingerprint density at radius 2 is 1.97 bits per heavy atom. The second kappa shape index (κ2) is 9.58. The van der Waals surface area contributed by atoms with Gasteiger partial charge in [-0.05, 0) is 53.8 Å². The van der Waals surface area contributed by atoms with Crippen molar-refractivity contribution in [3.63, 3.8) is 0 Å². The van der Waals surface area contributed by atoms with Gasteiger partial charge >= 0.3 is 0 Å². The topological polar surface area (TPSA) is 64.4 Å². The first-order valence-corrected chi connectivity index (χ1v) is 11.9. The summed E-state index contributed by atoms with van der Waals surface area (Å²) in [6.07, 6.45) is 0. The summed E-state index contributed by atoms with van der Waals surface area (Å²) < 4.78 is 7.48. The first-order chi connectivity index (χ1) is 15.5. The number of thiophene rings is 1.